The summed E-state index contributed by atoms with van der Waals surface area (Å²) in [5.74, 6) is 0.139. The first kappa shape index (κ1) is 16.8. The van der Waals surface area contributed by atoms with E-state index in [2.05, 4.69) is 15.3 Å². The highest BCUT2D eigenvalue weighted by atomic mass is 19.3. The van der Waals surface area contributed by atoms with Crippen molar-refractivity contribution in [3.8, 4) is 11.3 Å². The van der Waals surface area contributed by atoms with Gasteiger partial charge in [-0.25, -0.2) is 9.97 Å². The summed E-state index contributed by atoms with van der Waals surface area (Å²) in [6.45, 7) is -0.541. The molecule has 0 aliphatic heterocycles. The highest BCUT2D eigenvalue weighted by Gasteiger charge is 2.18. The molecule has 2 aromatic heterocycles. The molecule has 25 heavy (non-hydrogen) atoms. The van der Waals surface area contributed by atoms with Gasteiger partial charge >= 0.3 is 6.55 Å². The van der Waals surface area contributed by atoms with Crippen molar-refractivity contribution in [2.75, 3.05) is 6.54 Å². The number of imidazole rings is 1. The molecule has 8 heteroatoms. The van der Waals surface area contributed by atoms with Gasteiger partial charge in [-0.2, -0.15) is 8.78 Å². The Hall–Kier alpha value is -3.03. The maximum absolute atomic E-state index is 12.8. The van der Waals surface area contributed by atoms with Gasteiger partial charge in [0.1, 0.15) is 5.82 Å². The van der Waals surface area contributed by atoms with Crippen molar-refractivity contribution < 1.29 is 18.0 Å². The summed E-state index contributed by atoms with van der Waals surface area (Å²) in [6, 6.07) is 7.49. The van der Waals surface area contributed by atoms with E-state index in [0.717, 1.165) is 15.7 Å². The standard InChI is InChI=1S/C17H16F2N4O2/c1-11-2-4-12(5-3-11)15-14(22-10-25-15)16(24)21-7-6-13-20-8-9-23(13)17(18)19/h2-5,8-10,17H,6-7H2,1H3,(H,21,24). The van der Waals surface area contributed by atoms with Crippen LogP contribution in [0.3, 0.4) is 0 Å². The quantitative estimate of drug-likeness (QED) is 0.744. The van der Waals surface area contributed by atoms with Gasteiger partial charge in [0.25, 0.3) is 5.91 Å². The minimum atomic E-state index is -2.66. The predicted molar refractivity (Wildman–Crippen MR) is 86.2 cm³/mol. The van der Waals surface area contributed by atoms with Crippen LogP contribution in [0.25, 0.3) is 11.3 Å². The summed E-state index contributed by atoms with van der Waals surface area (Å²) in [6.07, 6.45) is 3.89. The van der Waals surface area contributed by atoms with E-state index in [0.29, 0.717) is 5.76 Å². The third-order valence-corrected chi connectivity index (χ3v) is 3.69. The number of hydrogen-bond acceptors (Lipinski definition) is 4. The van der Waals surface area contributed by atoms with Crippen molar-refractivity contribution in [3.63, 3.8) is 0 Å². The first-order chi connectivity index (χ1) is 12.1. The van der Waals surface area contributed by atoms with Crippen molar-refractivity contribution in [2.45, 2.75) is 19.9 Å². The fourth-order valence-electron chi connectivity index (χ4n) is 2.40. The van der Waals surface area contributed by atoms with Crippen LogP contribution in [-0.4, -0.2) is 27.0 Å². The number of hydrogen-bond donors (Lipinski definition) is 1. The van der Waals surface area contributed by atoms with E-state index in [4.69, 9.17) is 4.42 Å². The Balaban J connectivity index is 1.65. The van der Waals surface area contributed by atoms with Crippen LogP contribution in [0.4, 0.5) is 8.78 Å². The smallest absolute Gasteiger partial charge is 0.319 e. The third-order valence-electron chi connectivity index (χ3n) is 3.69. The van der Waals surface area contributed by atoms with Crippen molar-refractivity contribution in [1.29, 1.82) is 0 Å². The molecule has 0 aliphatic rings. The third kappa shape index (κ3) is 3.73. The molecule has 0 radical (unpaired) electrons. The number of amides is 1. The minimum absolute atomic E-state index is 0.154. The number of nitrogens with one attached hydrogen (secondary N) is 1. The Morgan fingerprint density at radius 1 is 1.28 bits per heavy atom. The zero-order valence-electron chi connectivity index (χ0n) is 13.4. The Morgan fingerprint density at radius 3 is 2.76 bits per heavy atom. The zero-order valence-corrected chi connectivity index (χ0v) is 13.4. The van der Waals surface area contributed by atoms with Crippen molar-refractivity contribution in [3.05, 3.63) is 60.1 Å². The van der Waals surface area contributed by atoms with E-state index in [1.54, 1.807) is 0 Å². The molecule has 2 heterocycles. The molecular weight excluding hydrogens is 330 g/mol. The Kier molecular flexibility index (Phi) is 4.87. The highest BCUT2D eigenvalue weighted by molar-refractivity contribution is 5.97. The SMILES string of the molecule is Cc1ccc(-c2ocnc2C(=O)NCCc2nccn2C(F)F)cc1. The second kappa shape index (κ2) is 7.25. The second-order valence-electron chi connectivity index (χ2n) is 5.43. The summed E-state index contributed by atoms with van der Waals surface area (Å²) in [4.78, 5) is 20.1. The number of nitrogens with zero attached hydrogens (tertiary/aromatic N) is 3. The summed E-state index contributed by atoms with van der Waals surface area (Å²) in [5, 5.41) is 2.65. The monoisotopic (exact) mass is 346 g/mol. The lowest BCUT2D eigenvalue weighted by molar-refractivity contribution is 0.0670. The lowest BCUT2D eigenvalue weighted by atomic mass is 10.1. The molecular formula is C17H16F2N4O2. The van der Waals surface area contributed by atoms with Gasteiger partial charge in [0.2, 0.25) is 0 Å². The first-order valence-corrected chi connectivity index (χ1v) is 7.65. The second-order valence-corrected chi connectivity index (χ2v) is 5.43. The number of oxazole rings is 1. The van der Waals surface area contributed by atoms with E-state index in [1.165, 1.54) is 18.8 Å². The van der Waals surface area contributed by atoms with Gasteiger partial charge in [-0.3, -0.25) is 9.36 Å². The first-order valence-electron chi connectivity index (χ1n) is 7.65. The number of carbonyl (C=O) groups excluding carboxylic acids is 1. The van der Waals surface area contributed by atoms with Gasteiger partial charge < -0.3 is 9.73 Å². The number of aromatic nitrogens is 3. The number of benzene rings is 1. The number of carbonyl (C=O) groups is 1. The molecule has 3 aromatic rings. The predicted octanol–water partition coefficient (Wildman–Crippen LogP) is 3.21. The van der Waals surface area contributed by atoms with Crippen LogP contribution in [0.2, 0.25) is 0 Å². The van der Waals surface area contributed by atoms with E-state index in [9.17, 15) is 13.6 Å². The van der Waals surface area contributed by atoms with Gasteiger partial charge in [0, 0.05) is 30.9 Å². The molecule has 0 aliphatic carbocycles. The zero-order chi connectivity index (χ0) is 17.8. The van der Waals surface area contributed by atoms with Crippen molar-refractivity contribution in [1.82, 2.24) is 19.9 Å². The summed E-state index contributed by atoms with van der Waals surface area (Å²) < 4.78 is 31.6. The van der Waals surface area contributed by atoms with Crippen LogP contribution in [0.1, 0.15) is 28.4 Å². The number of alkyl halides is 2. The number of rotatable bonds is 6. The van der Waals surface area contributed by atoms with Gasteiger partial charge in [-0.1, -0.05) is 29.8 Å². The molecule has 0 spiro atoms. The number of aryl methyl sites for hydroxylation is 1. The lowest BCUT2D eigenvalue weighted by Gasteiger charge is -2.07. The number of halogens is 2. The molecule has 0 fully saturated rings. The summed E-state index contributed by atoms with van der Waals surface area (Å²) >= 11 is 0. The topological polar surface area (TPSA) is 73.0 Å². The van der Waals surface area contributed by atoms with E-state index in [1.807, 2.05) is 31.2 Å². The molecule has 1 aromatic carbocycles. The molecule has 0 bridgehead atoms. The molecule has 130 valence electrons. The Bertz CT molecular complexity index is 856. The maximum Gasteiger partial charge on any atom is 0.319 e. The Labute approximate surface area is 142 Å². The largest absolute Gasteiger partial charge is 0.443 e. The molecule has 1 amide bonds. The average molecular weight is 346 g/mol. The molecule has 0 saturated heterocycles. The average Bonchev–Trinajstić information content (AvgIpc) is 3.24. The fraction of sp³-hybridized carbons (Fsp3) is 0.235. The molecule has 3 rings (SSSR count). The molecule has 0 unspecified atom stereocenters. The van der Waals surface area contributed by atoms with E-state index < -0.39 is 12.5 Å². The van der Waals surface area contributed by atoms with Gasteiger partial charge in [0.05, 0.1) is 0 Å². The molecule has 0 saturated carbocycles. The van der Waals surface area contributed by atoms with E-state index in [-0.39, 0.29) is 24.5 Å². The maximum atomic E-state index is 12.8. The minimum Gasteiger partial charge on any atom is -0.443 e. The molecule has 0 atom stereocenters. The molecule has 1 N–H and O–H groups in total. The van der Waals surface area contributed by atoms with Crippen LogP contribution in [0.15, 0.2) is 47.5 Å². The van der Waals surface area contributed by atoms with Crippen LogP contribution < -0.4 is 5.32 Å². The van der Waals surface area contributed by atoms with Crippen LogP contribution >= 0.6 is 0 Å². The Morgan fingerprint density at radius 2 is 2.04 bits per heavy atom. The van der Waals surface area contributed by atoms with Crippen molar-refractivity contribution >= 4 is 5.91 Å². The van der Waals surface area contributed by atoms with Gasteiger partial charge in [-0.15, -0.1) is 0 Å². The van der Waals surface area contributed by atoms with Crippen LogP contribution in [0, 0.1) is 6.92 Å². The van der Waals surface area contributed by atoms with Gasteiger partial charge in [0.15, 0.2) is 17.8 Å². The fourth-order valence-corrected chi connectivity index (χ4v) is 2.40. The van der Waals surface area contributed by atoms with E-state index >= 15 is 0 Å². The lowest BCUT2D eigenvalue weighted by Crippen LogP contribution is -2.27. The highest BCUT2D eigenvalue weighted by Crippen LogP contribution is 2.23. The van der Waals surface area contributed by atoms with Crippen LogP contribution in [0.5, 0.6) is 0 Å². The summed E-state index contributed by atoms with van der Waals surface area (Å²) in [5.41, 5.74) is 1.98. The van der Waals surface area contributed by atoms with Crippen LogP contribution in [-0.2, 0) is 6.42 Å². The van der Waals surface area contributed by atoms with Gasteiger partial charge in [-0.05, 0) is 6.92 Å². The summed E-state index contributed by atoms with van der Waals surface area (Å²) in [7, 11) is 0. The normalized spacial score (nSPS) is 11.0. The molecule has 6 nitrogen and oxygen atoms in total. The van der Waals surface area contributed by atoms with Crippen molar-refractivity contribution in [2.24, 2.45) is 0 Å².